The second-order valence-electron chi connectivity index (χ2n) is 9.72. The summed E-state index contributed by atoms with van der Waals surface area (Å²) in [6.07, 6.45) is -14.7. The minimum atomic E-state index is -5.54. The molecule has 1 aromatic heterocycles. The van der Waals surface area contributed by atoms with E-state index in [1.165, 1.54) is 13.1 Å². The SMILES string of the molecule is CNCC(=O)NC1C(O)CC(OP(=O)(O)OCC2OC(n3ccc(N)nc3=O)C(O)C2O)(C(=O)O)OC1[C@H](O)[C@H](O)CO. The molecule has 3 rings (SSSR count). The van der Waals surface area contributed by atoms with E-state index in [4.69, 9.17) is 24.3 Å². The number of nitrogens with one attached hydrogen (secondary N) is 2. The maximum absolute atomic E-state index is 12.9. The fraction of sp³-hybridized carbons (Fsp3) is 0.714. The number of aliphatic hydroxyl groups is 6. The molecule has 0 spiro atoms. The van der Waals surface area contributed by atoms with Crippen molar-refractivity contribution in [3.63, 3.8) is 0 Å². The predicted octanol–water partition coefficient (Wildman–Crippen LogP) is -6.07. The van der Waals surface area contributed by atoms with Gasteiger partial charge in [-0.05, 0) is 13.1 Å². The smallest absolute Gasteiger partial charge is 0.475 e. The highest BCUT2D eigenvalue weighted by atomic mass is 31.2. The maximum atomic E-state index is 12.9. The predicted molar refractivity (Wildman–Crippen MR) is 137 cm³/mol. The molecule has 3 heterocycles. The van der Waals surface area contributed by atoms with Crippen LogP contribution < -0.4 is 22.1 Å². The summed E-state index contributed by atoms with van der Waals surface area (Å²) in [5, 5.41) is 75.8. The Labute approximate surface area is 242 Å². The molecule has 1 amide bonds. The van der Waals surface area contributed by atoms with E-state index >= 15 is 0 Å². The van der Waals surface area contributed by atoms with Gasteiger partial charge in [0.15, 0.2) is 6.23 Å². The Hall–Kier alpha value is -2.63. The number of nitrogens with zero attached hydrogens (tertiary/aromatic N) is 2. The number of carboxylic acid groups (broad SMARTS) is 1. The number of aliphatic carboxylic acids is 1. The van der Waals surface area contributed by atoms with Crippen molar-refractivity contribution in [1.29, 1.82) is 0 Å². The fourth-order valence-electron chi connectivity index (χ4n) is 4.48. The van der Waals surface area contributed by atoms with Crippen LogP contribution in [-0.2, 0) is 32.7 Å². The maximum Gasteiger partial charge on any atom is 0.475 e. The van der Waals surface area contributed by atoms with Crippen molar-refractivity contribution in [1.82, 2.24) is 20.2 Å². The van der Waals surface area contributed by atoms with Crippen LogP contribution in [0.4, 0.5) is 5.82 Å². The van der Waals surface area contributed by atoms with Gasteiger partial charge in [0.2, 0.25) is 5.91 Å². The standard InChI is InChI=1S/C21H34N5O16P/c1-23-5-12(30)25-13-8(28)4-21(19(34)35,41-17(13)14(31)9(29)6-27)42-43(37,38)39-7-10-15(32)16(33)18(40-10)26-3-2-11(22)24-20(26)36/h2-3,8-10,13-18,23,27-29,31-33H,4-7H2,1H3,(H,25,30)(H,34,35)(H,37,38)(H2,22,24,36)/t8?,9-,10?,13?,14-,15?,16?,17?,18?,21?/m1/s1. The number of amides is 1. The molecule has 22 heteroatoms. The van der Waals surface area contributed by atoms with E-state index in [-0.39, 0.29) is 12.4 Å². The Morgan fingerprint density at radius 2 is 1.98 bits per heavy atom. The first kappa shape index (κ1) is 34.9. The number of carbonyl (C=O) groups excluding carboxylic acids is 1. The van der Waals surface area contributed by atoms with Gasteiger partial charge in [0.1, 0.15) is 42.4 Å². The van der Waals surface area contributed by atoms with E-state index in [0.717, 1.165) is 10.8 Å². The zero-order valence-electron chi connectivity index (χ0n) is 22.4. The molecule has 11 atom stereocenters. The summed E-state index contributed by atoms with van der Waals surface area (Å²) in [4.78, 5) is 50.3. The molecule has 244 valence electrons. The fourth-order valence-corrected chi connectivity index (χ4v) is 5.44. The van der Waals surface area contributed by atoms with Crippen LogP contribution in [0.1, 0.15) is 12.6 Å². The largest absolute Gasteiger partial charge is 0.477 e. The van der Waals surface area contributed by atoms with Crippen molar-refractivity contribution in [2.45, 2.75) is 67.2 Å². The second kappa shape index (κ2) is 14.0. The first-order valence-electron chi connectivity index (χ1n) is 12.6. The van der Waals surface area contributed by atoms with Crippen LogP contribution in [0.25, 0.3) is 0 Å². The average Bonchev–Trinajstić information content (AvgIpc) is 3.20. The van der Waals surface area contributed by atoms with E-state index in [1.54, 1.807) is 0 Å². The summed E-state index contributed by atoms with van der Waals surface area (Å²) in [6.45, 7) is -2.37. The highest BCUT2D eigenvalue weighted by Crippen LogP contribution is 2.51. The summed E-state index contributed by atoms with van der Waals surface area (Å²) in [5.41, 5.74) is 4.47. The van der Waals surface area contributed by atoms with Gasteiger partial charge >= 0.3 is 19.5 Å². The molecule has 12 N–H and O–H groups in total. The normalized spacial score (nSPS) is 33.8. The molecule has 9 unspecified atom stereocenters. The van der Waals surface area contributed by atoms with Crippen LogP contribution in [0.5, 0.6) is 0 Å². The lowest BCUT2D eigenvalue weighted by atomic mass is 9.88. The van der Waals surface area contributed by atoms with Gasteiger partial charge < -0.3 is 66.5 Å². The number of nitrogens with two attached hydrogens (primary N) is 1. The van der Waals surface area contributed by atoms with Crippen molar-refractivity contribution in [3.05, 3.63) is 22.7 Å². The molecule has 1 aromatic rings. The van der Waals surface area contributed by atoms with Gasteiger partial charge in [0, 0.05) is 12.6 Å². The molecule has 2 saturated heterocycles. The number of aliphatic hydroxyl groups excluding tert-OH is 6. The summed E-state index contributed by atoms with van der Waals surface area (Å²) in [6, 6.07) is -0.396. The molecule has 2 fully saturated rings. The van der Waals surface area contributed by atoms with Crippen molar-refractivity contribution >= 4 is 25.5 Å². The Morgan fingerprint density at radius 3 is 2.56 bits per heavy atom. The highest BCUT2D eigenvalue weighted by Gasteiger charge is 2.59. The number of likely N-dealkylation sites (N-methyl/N-ethyl adjacent to an activating group) is 1. The van der Waals surface area contributed by atoms with Gasteiger partial charge in [-0.2, -0.15) is 4.98 Å². The van der Waals surface area contributed by atoms with Gasteiger partial charge in [0.05, 0.1) is 31.9 Å². The van der Waals surface area contributed by atoms with Gasteiger partial charge in [-0.15, -0.1) is 0 Å². The van der Waals surface area contributed by atoms with Crippen LogP contribution in [-0.4, -0.2) is 143 Å². The van der Waals surface area contributed by atoms with Crippen LogP contribution in [0.3, 0.4) is 0 Å². The van der Waals surface area contributed by atoms with Crippen molar-refractivity contribution in [2.24, 2.45) is 0 Å². The Morgan fingerprint density at radius 1 is 1.30 bits per heavy atom. The zero-order valence-corrected chi connectivity index (χ0v) is 23.3. The molecule has 0 aliphatic carbocycles. The number of carbonyl (C=O) groups is 2. The zero-order chi connectivity index (χ0) is 32.3. The number of phosphoric acid groups is 1. The van der Waals surface area contributed by atoms with E-state index in [9.17, 15) is 59.6 Å². The Balaban J connectivity index is 1.79. The minimum Gasteiger partial charge on any atom is -0.477 e. The van der Waals surface area contributed by atoms with Crippen LogP contribution in [0, 0.1) is 0 Å². The third kappa shape index (κ3) is 7.91. The molecule has 2 aliphatic rings. The minimum absolute atomic E-state index is 0.137. The molecule has 21 nitrogen and oxygen atoms in total. The molecule has 43 heavy (non-hydrogen) atoms. The number of carboxylic acids is 1. The molecule has 0 radical (unpaired) electrons. The van der Waals surface area contributed by atoms with Crippen LogP contribution in [0.2, 0.25) is 0 Å². The number of hydrogen-bond donors (Lipinski definition) is 11. The van der Waals surface area contributed by atoms with Gasteiger partial charge in [-0.1, -0.05) is 0 Å². The Bertz CT molecular complexity index is 1250. The summed E-state index contributed by atoms with van der Waals surface area (Å²) in [5.74, 6) is -6.21. The summed E-state index contributed by atoms with van der Waals surface area (Å²) < 4.78 is 33.9. The molecule has 0 saturated carbocycles. The number of nitrogen functional groups attached to an aromatic ring is 1. The monoisotopic (exact) mass is 643 g/mol. The van der Waals surface area contributed by atoms with E-state index in [1.807, 2.05) is 0 Å². The molecular weight excluding hydrogens is 609 g/mol. The number of ether oxygens (including phenoxy) is 2. The second-order valence-corrected chi connectivity index (χ2v) is 11.1. The number of phosphoric ester groups is 1. The van der Waals surface area contributed by atoms with Gasteiger partial charge in [0.25, 0.3) is 5.79 Å². The quantitative estimate of drug-likeness (QED) is 0.0891. The lowest BCUT2D eigenvalue weighted by molar-refractivity contribution is -0.289. The number of hydrogen-bond acceptors (Lipinski definition) is 17. The average molecular weight is 643 g/mol. The summed E-state index contributed by atoms with van der Waals surface area (Å²) in [7, 11) is -4.12. The highest BCUT2D eigenvalue weighted by molar-refractivity contribution is 7.47. The third-order valence-electron chi connectivity index (χ3n) is 6.61. The van der Waals surface area contributed by atoms with Crippen molar-refractivity contribution in [2.75, 3.05) is 32.5 Å². The number of rotatable bonds is 13. The Kier molecular flexibility index (Phi) is 11.3. The first-order valence-corrected chi connectivity index (χ1v) is 14.1. The van der Waals surface area contributed by atoms with E-state index < -0.39 is 106 Å². The molecule has 2 aliphatic heterocycles. The van der Waals surface area contributed by atoms with Crippen molar-refractivity contribution in [3.8, 4) is 0 Å². The number of anilines is 1. The van der Waals surface area contributed by atoms with E-state index in [2.05, 4.69) is 15.6 Å². The molecule has 0 aromatic carbocycles. The van der Waals surface area contributed by atoms with Gasteiger partial charge in [-0.3, -0.25) is 13.9 Å². The van der Waals surface area contributed by atoms with Crippen LogP contribution >= 0.6 is 7.82 Å². The van der Waals surface area contributed by atoms with Gasteiger partial charge in [-0.25, -0.2) is 18.7 Å². The lowest BCUT2D eigenvalue weighted by Crippen LogP contribution is -2.68. The summed E-state index contributed by atoms with van der Waals surface area (Å²) >= 11 is 0. The first-order chi connectivity index (χ1) is 20.1. The van der Waals surface area contributed by atoms with Crippen molar-refractivity contribution < 1.29 is 73.3 Å². The topological polar surface area (TPSA) is 335 Å². The molecular formula is C21H34N5O16P. The third-order valence-corrected chi connectivity index (χ3v) is 7.61. The molecule has 0 bridgehead atoms. The number of aromatic nitrogens is 2. The van der Waals surface area contributed by atoms with Crippen LogP contribution in [0.15, 0.2) is 17.1 Å². The van der Waals surface area contributed by atoms with E-state index in [0.29, 0.717) is 0 Å². The lowest BCUT2D eigenvalue weighted by Gasteiger charge is -2.46.